The highest BCUT2D eigenvalue weighted by atomic mass is 32.1. The summed E-state index contributed by atoms with van der Waals surface area (Å²) in [6.45, 7) is 1.72. The van der Waals surface area contributed by atoms with E-state index < -0.39 is 17.7 Å². The molecule has 2 saturated carbocycles. The average molecular weight is 562 g/mol. The van der Waals surface area contributed by atoms with Crippen LogP contribution in [-0.2, 0) is 6.54 Å². The Morgan fingerprint density at radius 1 is 1.10 bits per heavy atom. The van der Waals surface area contributed by atoms with E-state index in [2.05, 4.69) is 26.7 Å². The van der Waals surface area contributed by atoms with Crippen LogP contribution in [0.2, 0.25) is 0 Å². The van der Waals surface area contributed by atoms with E-state index in [0.717, 1.165) is 39.3 Å². The molecule has 0 aliphatic heterocycles. The Morgan fingerprint density at radius 2 is 1.88 bits per heavy atom. The van der Waals surface area contributed by atoms with Crippen molar-refractivity contribution >= 4 is 33.3 Å². The van der Waals surface area contributed by atoms with E-state index in [4.69, 9.17) is 21.4 Å². The molecule has 6 N–H and O–H groups in total. The van der Waals surface area contributed by atoms with Crippen LogP contribution in [0.25, 0.3) is 20.8 Å². The van der Waals surface area contributed by atoms with Gasteiger partial charge in [-0.3, -0.25) is 4.98 Å². The van der Waals surface area contributed by atoms with Gasteiger partial charge in [0.05, 0.1) is 27.7 Å². The third-order valence-electron chi connectivity index (χ3n) is 7.77. The van der Waals surface area contributed by atoms with Crippen molar-refractivity contribution in [2.75, 3.05) is 10.6 Å². The molecule has 3 aromatic heterocycles. The van der Waals surface area contributed by atoms with Gasteiger partial charge in [-0.2, -0.15) is 10.2 Å². The SMILES string of the molecule is Cc1nc(NCc2c(F)cccc2F)nc(N[C@@H]2C[C@H](CC#N)[C@@H](N)[C@H]2N)c1-c1nc2c(C3CC3)nccc2s1. The van der Waals surface area contributed by atoms with E-state index in [9.17, 15) is 14.0 Å². The maximum absolute atomic E-state index is 14.2. The van der Waals surface area contributed by atoms with Crippen LogP contribution in [-0.4, -0.2) is 38.1 Å². The highest BCUT2D eigenvalue weighted by Gasteiger charge is 2.39. The number of nitriles is 1. The van der Waals surface area contributed by atoms with Gasteiger partial charge in [-0.05, 0) is 50.3 Å². The van der Waals surface area contributed by atoms with Gasteiger partial charge >= 0.3 is 0 Å². The normalized spacial score (nSPS) is 22.4. The number of nitrogens with two attached hydrogens (primary N) is 2. The van der Waals surface area contributed by atoms with Gasteiger partial charge in [-0.1, -0.05) is 6.07 Å². The molecule has 40 heavy (non-hydrogen) atoms. The smallest absolute Gasteiger partial charge is 0.225 e. The van der Waals surface area contributed by atoms with Crippen molar-refractivity contribution in [2.45, 2.75) is 63.2 Å². The number of halogens is 2. The molecular weight excluding hydrogens is 532 g/mol. The van der Waals surface area contributed by atoms with Gasteiger partial charge in [0.25, 0.3) is 0 Å². The highest BCUT2D eigenvalue weighted by Crippen LogP contribution is 2.44. The Morgan fingerprint density at radius 3 is 2.60 bits per heavy atom. The summed E-state index contributed by atoms with van der Waals surface area (Å²) in [5.74, 6) is -0.202. The summed E-state index contributed by atoms with van der Waals surface area (Å²) in [6, 6.07) is 6.94. The summed E-state index contributed by atoms with van der Waals surface area (Å²) in [6.07, 6.45) is 4.97. The maximum Gasteiger partial charge on any atom is 0.225 e. The summed E-state index contributed by atoms with van der Waals surface area (Å²) < 4.78 is 29.5. The number of nitrogens with zero attached hydrogens (tertiary/aromatic N) is 5. The number of hydrogen-bond acceptors (Lipinski definition) is 10. The molecule has 206 valence electrons. The standard InChI is InChI=1S/C28H29F2N9S/c1-13-21(27-38-25-20(40-27)8-10-34-24(25)14-5-6-14)26(37-19-11-15(7-9-31)22(32)23(19)33)39-28(36-13)35-12-16-17(29)3-2-4-18(16)30/h2-4,8,10,14-15,19,22-23H,5-7,11-12,32-33H2,1H3,(H2,35,36,37,39)/t15-,19+,22+,23-/m0/s1. The van der Waals surface area contributed by atoms with Crippen molar-refractivity contribution < 1.29 is 8.78 Å². The first-order valence-electron chi connectivity index (χ1n) is 13.3. The molecule has 2 aliphatic carbocycles. The lowest BCUT2D eigenvalue weighted by Crippen LogP contribution is -2.47. The number of rotatable bonds is 8. The second-order valence-electron chi connectivity index (χ2n) is 10.5. The van der Waals surface area contributed by atoms with Crippen molar-refractivity contribution in [1.29, 1.82) is 5.26 Å². The van der Waals surface area contributed by atoms with Crippen LogP contribution in [0, 0.1) is 35.8 Å². The highest BCUT2D eigenvalue weighted by molar-refractivity contribution is 7.21. The molecule has 0 amide bonds. The Balaban J connectivity index is 1.39. The van der Waals surface area contributed by atoms with Crippen LogP contribution in [0.4, 0.5) is 20.5 Å². The van der Waals surface area contributed by atoms with Gasteiger partial charge in [-0.15, -0.1) is 11.3 Å². The van der Waals surface area contributed by atoms with Gasteiger partial charge in [-0.25, -0.2) is 18.7 Å². The van der Waals surface area contributed by atoms with E-state index >= 15 is 0 Å². The molecule has 0 unspecified atom stereocenters. The van der Waals surface area contributed by atoms with Crippen LogP contribution in [0.1, 0.15) is 48.6 Å². The zero-order chi connectivity index (χ0) is 28.0. The first-order valence-corrected chi connectivity index (χ1v) is 14.1. The van der Waals surface area contributed by atoms with Gasteiger partial charge in [0.15, 0.2) is 0 Å². The summed E-state index contributed by atoms with van der Waals surface area (Å²) in [5, 5.41) is 16.4. The molecule has 9 nitrogen and oxygen atoms in total. The number of nitrogens with one attached hydrogen (secondary N) is 2. The Kier molecular flexibility index (Phi) is 7.04. The first kappa shape index (κ1) is 26.4. The zero-order valence-electron chi connectivity index (χ0n) is 21.9. The summed E-state index contributed by atoms with van der Waals surface area (Å²) in [7, 11) is 0. The predicted octanol–water partition coefficient (Wildman–Crippen LogP) is 4.59. The molecule has 0 saturated heterocycles. The van der Waals surface area contributed by atoms with E-state index in [1.54, 1.807) is 0 Å². The van der Waals surface area contributed by atoms with Crippen molar-refractivity contribution in [3.63, 3.8) is 0 Å². The maximum atomic E-state index is 14.2. The van der Waals surface area contributed by atoms with Crippen molar-refractivity contribution in [3.05, 3.63) is 59.0 Å². The predicted molar refractivity (Wildman–Crippen MR) is 151 cm³/mol. The van der Waals surface area contributed by atoms with Crippen LogP contribution in [0.15, 0.2) is 30.5 Å². The van der Waals surface area contributed by atoms with Crippen LogP contribution in [0.3, 0.4) is 0 Å². The largest absolute Gasteiger partial charge is 0.365 e. The number of benzene rings is 1. The molecule has 1 aromatic carbocycles. The third-order valence-corrected chi connectivity index (χ3v) is 8.81. The lowest BCUT2D eigenvalue weighted by molar-refractivity contribution is 0.468. The fraction of sp³-hybridized carbons (Fsp3) is 0.393. The summed E-state index contributed by atoms with van der Waals surface area (Å²) >= 11 is 1.54. The van der Waals surface area contributed by atoms with Crippen LogP contribution < -0.4 is 22.1 Å². The molecule has 0 spiro atoms. The molecule has 2 aliphatic rings. The van der Waals surface area contributed by atoms with Crippen LogP contribution in [0.5, 0.6) is 0 Å². The van der Waals surface area contributed by atoms with E-state index in [0.29, 0.717) is 30.3 Å². The number of thiazole rings is 1. The van der Waals surface area contributed by atoms with E-state index in [1.165, 1.54) is 29.5 Å². The van der Waals surface area contributed by atoms with Gasteiger partial charge in [0.1, 0.15) is 28.0 Å². The Bertz CT molecular complexity index is 1590. The number of aryl methyl sites for hydroxylation is 1. The zero-order valence-corrected chi connectivity index (χ0v) is 22.7. The lowest BCUT2D eigenvalue weighted by Gasteiger charge is -2.22. The third kappa shape index (κ3) is 4.96. The molecule has 0 bridgehead atoms. The minimum Gasteiger partial charge on any atom is -0.365 e. The minimum atomic E-state index is -0.650. The van der Waals surface area contributed by atoms with Gasteiger partial charge in [0, 0.05) is 48.8 Å². The molecule has 4 aromatic rings. The Hall–Kier alpha value is -3.79. The van der Waals surface area contributed by atoms with E-state index in [1.807, 2.05) is 19.2 Å². The fourth-order valence-corrected chi connectivity index (χ4v) is 6.48. The van der Waals surface area contributed by atoms with Crippen molar-refractivity contribution in [1.82, 2.24) is 19.9 Å². The van der Waals surface area contributed by atoms with Gasteiger partial charge < -0.3 is 22.1 Å². The second-order valence-corrected chi connectivity index (χ2v) is 11.5. The monoisotopic (exact) mass is 561 g/mol. The Labute approximate surface area is 234 Å². The molecular formula is C28H29F2N9S. The minimum absolute atomic E-state index is 0.0415. The number of pyridine rings is 1. The fourth-order valence-electron chi connectivity index (χ4n) is 5.41. The second kappa shape index (κ2) is 10.6. The molecule has 12 heteroatoms. The quantitative estimate of drug-likeness (QED) is 0.242. The molecule has 3 heterocycles. The summed E-state index contributed by atoms with van der Waals surface area (Å²) in [4.78, 5) is 18.9. The topological polar surface area (TPSA) is 151 Å². The van der Waals surface area contributed by atoms with Crippen LogP contribution >= 0.6 is 11.3 Å². The molecule has 6 rings (SSSR count). The number of hydrogen-bond donors (Lipinski definition) is 4. The first-order chi connectivity index (χ1) is 19.3. The number of anilines is 2. The molecule has 0 radical (unpaired) electrons. The molecule has 2 fully saturated rings. The van der Waals surface area contributed by atoms with Crippen molar-refractivity contribution in [3.8, 4) is 16.6 Å². The van der Waals surface area contributed by atoms with Crippen molar-refractivity contribution in [2.24, 2.45) is 17.4 Å². The lowest BCUT2D eigenvalue weighted by atomic mass is 10.0. The summed E-state index contributed by atoms with van der Waals surface area (Å²) in [5.41, 5.74) is 16.0. The van der Waals surface area contributed by atoms with Gasteiger partial charge in [0.2, 0.25) is 5.95 Å². The average Bonchev–Trinajstić information content (AvgIpc) is 3.63. The number of fused-ring (bicyclic) bond motifs is 1. The number of aromatic nitrogens is 4. The molecule has 4 atom stereocenters. The van der Waals surface area contributed by atoms with E-state index in [-0.39, 0.29) is 36.1 Å².